The number of rotatable bonds is 10. The van der Waals surface area contributed by atoms with Gasteiger partial charge in [-0.1, -0.05) is 75.8 Å². The minimum Gasteiger partial charge on any atom is -0.501 e. The maximum Gasteiger partial charge on any atom is 0.0873 e. The van der Waals surface area contributed by atoms with Crippen molar-refractivity contribution in [1.29, 1.82) is 0 Å². The highest BCUT2D eigenvalue weighted by atomic mass is 16.5. The van der Waals surface area contributed by atoms with E-state index in [0.717, 1.165) is 6.61 Å². The Morgan fingerprint density at radius 2 is 1.56 bits per heavy atom. The monoisotopic (exact) mass is 246 g/mol. The lowest BCUT2D eigenvalue weighted by Crippen LogP contribution is -1.88. The fourth-order valence-electron chi connectivity index (χ4n) is 1.90. The summed E-state index contributed by atoms with van der Waals surface area (Å²) in [6.07, 6.45) is 13.1. The largest absolute Gasteiger partial charge is 0.501 e. The summed E-state index contributed by atoms with van der Waals surface area (Å²) < 4.78 is 5.48. The third kappa shape index (κ3) is 7.94. The molecule has 0 atom stereocenters. The van der Waals surface area contributed by atoms with E-state index >= 15 is 0 Å². The van der Waals surface area contributed by atoms with Crippen LogP contribution >= 0.6 is 0 Å². The molecule has 0 saturated heterocycles. The fraction of sp³-hybridized carbons (Fsp3) is 0.529. The van der Waals surface area contributed by atoms with Gasteiger partial charge in [0, 0.05) is 0 Å². The van der Waals surface area contributed by atoms with Crippen molar-refractivity contribution in [3.63, 3.8) is 0 Å². The van der Waals surface area contributed by atoms with Gasteiger partial charge in [-0.15, -0.1) is 0 Å². The van der Waals surface area contributed by atoms with Crippen LogP contribution in [0.2, 0.25) is 0 Å². The molecule has 1 heteroatoms. The number of unbranched alkanes of at least 4 members (excludes halogenated alkanes) is 6. The van der Waals surface area contributed by atoms with E-state index < -0.39 is 0 Å². The first-order valence-electron chi connectivity index (χ1n) is 7.26. The molecule has 0 aliphatic rings. The highest BCUT2D eigenvalue weighted by Gasteiger charge is 1.90. The molecule has 0 aliphatic heterocycles. The Balaban J connectivity index is 1.91. The van der Waals surface area contributed by atoms with Crippen LogP contribution in [-0.2, 0) is 4.74 Å². The molecule has 0 N–H and O–H groups in total. The van der Waals surface area contributed by atoms with E-state index in [9.17, 15) is 0 Å². The van der Waals surface area contributed by atoms with Gasteiger partial charge in [0.25, 0.3) is 0 Å². The van der Waals surface area contributed by atoms with Crippen LogP contribution in [0.15, 0.2) is 36.6 Å². The summed E-state index contributed by atoms with van der Waals surface area (Å²) in [5.74, 6) is 0. The van der Waals surface area contributed by atoms with Crippen molar-refractivity contribution in [2.75, 3.05) is 6.61 Å². The molecule has 0 bridgehead atoms. The minimum absolute atomic E-state index is 0.844. The van der Waals surface area contributed by atoms with Gasteiger partial charge < -0.3 is 4.74 Å². The molecule has 1 aromatic rings. The Kier molecular flexibility index (Phi) is 8.96. The number of hydrogen-bond acceptors (Lipinski definition) is 1. The summed E-state index contributed by atoms with van der Waals surface area (Å²) in [5.41, 5.74) is 1.19. The van der Waals surface area contributed by atoms with Crippen LogP contribution < -0.4 is 0 Å². The van der Waals surface area contributed by atoms with E-state index in [0.29, 0.717) is 0 Å². The second-order valence-corrected chi connectivity index (χ2v) is 4.71. The van der Waals surface area contributed by atoms with Gasteiger partial charge >= 0.3 is 0 Å². The maximum absolute atomic E-state index is 5.48. The number of hydrogen-bond donors (Lipinski definition) is 0. The molecule has 0 unspecified atom stereocenters. The van der Waals surface area contributed by atoms with Crippen molar-refractivity contribution in [3.05, 3.63) is 42.2 Å². The molecule has 0 radical (unpaired) electrons. The van der Waals surface area contributed by atoms with Crippen LogP contribution in [0.1, 0.15) is 57.4 Å². The molecule has 0 aromatic heterocycles. The van der Waals surface area contributed by atoms with E-state index in [-0.39, 0.29) is 0 Å². The average molecular weight is 246 g/mol. The topological polar surface area (TPSA) is 9.23 Å². The first kappa shape index (κ1) is 14.8. The van der Waals surface area contributed by atoms with E-state index in [1.54, 1.807) is 0 Å². The standard InChI is InChI=1S/C17H26O/c1-2-3-4-5-6-7-11-15-18-16-14-17-12-9-8-10-13-17/h8-10,12-14,16H,2-7,11,15H2,1H3. The quantitative estimate of drug-likeness (QED) is 0.395. The van der Waals surface area contributed by atoms with Crippen LogP contribution in [0.4, 0.5) is 0 Å². The number of benzene rings is 1. The molecule has 0 aliphatic carbocycles. The Morgan fingerprint density at radius 3 is 2.28 bits per heavy atom. The summed E-state index contributed by atoms with van der Waals surface area (Å²) in [4.78, 5) is 0. The molecule has 0 fully saturated rings. The Labute approximate surface area is 112 Å². The lowest BCUT2D eigenvalue weighted by Gasteiger charge is -2.01. The zero-order chi connectivity index (χ0) is 12.9. The first-order chi connectivity index (χ1) is 8.93. The average Bonchev–Trinajstić information content (AvgIpc) is 2.42. The van der Waals surface area contributed by atoms with Crippen molar-refractivity contribution in [2.24, 2.45) is 0 Å². The van der Waals surface area contributed by atoms with Gasteiger partial charge in [0.15, 0.2) is 0 Å². The normalized spacial score (nSPS) is 10.9. The predicted octanol–water partition coefficient (Wildman–Crippen LogP) is 5.42. The molecular formula is C17H26O. The van der Waals surface area contributed by atoms with Crippen LogP contribution in [0.25, 0.3) is 6.08 Å². The Hall–Kier alpha value is -1.24. The van der Waals surface area contributed by atoms with Crippen LogP contribution in [-0.4, -0.2) is 6.61 Å². The van der Waals surface area contributed by atoms with Crippen LogP contribution in [0.5, 0.6) is 0 Å². The van der Waals surface area contributed by atoms with Gasteiger partial charge in [-0.2, -0.15) is 0 Å². The molecule has 0 heterocycles. The highest BCUT2D eigenvalue weighted by Crippen LogP contribution is 2.07. The first-order valence-corrected chi connectivity index (χ1v) is 7.26. The molecule has 18 heavy (non-hydrogen) atoms. The molecule has 100 valence electrons. The van der Waals surface area contributed by atoms with Gasteiger partial charge in [-0.25, -0.2) is 0 Å². The predicted molar refractivity (Wildman–Crippen MR) is 79.4 cm³/mol. The second-order valence-electron chi connectivity index (χ2n) is 4.71. The van der Waals surface area contributed by atoms with Gasteiger partial charge in [-0.3, -0.25) is 0 Å². The smallest absolute Gasteiger partial charge is 0.0873 e. The van der Waals surface area contributed by atoms with Crippen molar-refractivity contribution in [1.82, 2.24) is 0 Å². The van der Waals surface area contributed by atoms with E-state index in [4.69, 9.17) is 4.74 Å². The lowest BCUT2D eigenvalue weighted by atomic mass is 10.1. The van der Waals surface area contributed by atoms with Crippen molar-refractivity contribution < 1.29 is 4.74 Å². The minimum atomic E-state index is 0.844. The summed E-state index contributed by atoms with van der Waals surface area (Å²) in [7, 11) is 0. The Morgan fingerprint density at radius 1 is 0.889 bits per heavy atom. The SMILES string of the molecule is CCCCCCCCCOC=Cc1ccccc1. The molecular weight excluding hydrogens is 220 g/mol. The molecule has 0 spiro atoms. The molecule has 1 rings (SSSR count). The Bertz CT molecular complexity index is 303. The van der Waals surface area contributed by atoms with E-state index in [1.165, 1.54) is 50.5 Å². The summed E-state index contributed by atoms with van der Waals surface area (Å²) in [6.45, 7) is 3.10. The lowest BCUT2D eigenvalue weighted by molar-refractivity contribution is 0.243. The summed E-state index contributed by atoms with van der Waals surface area (Å²) in [5, 5.41) is 0. The second kappa shape index (κ2) is 10.9. The van der Waals surface area contributed by atoms with Crippen molar-refractivity contribution >= 4 is 6.08 Å². The van der Waals surface area contributed by atoms with Crippen LogP contribution in [0, 0.1) is 0 Å². The molecule has 1 nitrogen and oxygen atoms in total. The highest BCUT2D eigenvalue weighted by molar-refractivity contribution is 5.47. The number of ether oxygens (including phenoxy) is 1. The maximum atomic E-state index is 5.48. The van der Waals surface area contributed by atoms with Crippen LogP contribution in [0.3, 0.4) is 0 Å². The van der Waals surface area contributed by atoms with Gasteiger partial charge in [0.2, 0.25) is 0 Å². The summed E-state index contributed by atoms with van der Waals surface area (Å²) in [6, 6.07) is 10.3. The zero-order valence-corrected chi connectivity index (χ0v) is 11.6. The van der Waals surface area contributed by atoms with Gasteiger partial charge in [-0.05, 0) is 18.1 Å². The van der Waals surface area contributed by atoms with E-state index in [1.807, 2.05) is 30.5 Å². The third-order valence-electron chi connectivity index (χ3n) is 3.02. The van der Waals surface area contributed by atoms with Crippen molar-refractivity contribution in [3.8, 4) is 0 Å². The third-order valence-corrected chi connectivity index (χ3v) is 3.02. The summed E-state index contributed by atoms with van der Waals surface area (Å²) >= 11 is 0. The molecule has 1 aromatic carbocycles. The fourth-order valence-corrected chi connectivity index (χ4v) is 1.90. The zero-order valence-electron chi connectivity index (χ0n) is 11.6. The van der Waals surface area contributed by atoms with Crippen molar-refractivity contribution in [2.45, 2.75) is 51.9 Å². The molecule has 0 saturated carbocycles. The van der Waals surface area contributed by atoms with Gasteiger partial charge in [0.1, 0.15) is 0 Å². The van der Waals surface area contributed by atoms with E-state index in [2.05, 4.69) is 19.1 Å². The van der Waals surface area contributed by atoms with Gasteiger partial charge in [0.05, 0.1) is 12.9 Å². The molecule has 0 amide bonds.